The van der Waals surface area contributed by atoms with E-state index in [2.05, 4.69) is 5.32 Å². The van der Waals surface area contributed by atoms with Gasteiger partial charge in [-0.25, -0.2) is 4.79 Å². The minimum Gasteiger partial charge on any atom is -0.497 e. The Bertz CT molecular complexity index is 1300. The summed E-state index contributed by atoms with van der Waals surface area (Å²) in [6.45, 7) is 1.50. The van der Waals surface area contributed by atoms with Gasteiger partial charge in [-0.15, -0.1) is 0 Å². The first-order valence-corrected chi connectivity index (χ1v) is 11.4. The lowest BCUT2D eigenvalue weighted by Crippen LogP contribution is -2.19. The third-order valence-electron chi connectivity index (χ3n) is 5.91. The molecule has 0 amide bonds. The van der Waals surface area contributed by atoms with E-state index in [1.165, 1.54) is 0 Å². The van der Waals surface area contributed by atoms with Crippen molar-refractivity contribution in [2.75, 3.05) is 20.8 Å². The van der Waals surface area contributed by atoms with Crippen molar-refractivity contribution < 1.29 is 19.4 Å². The zero-order valence-corrected chi connectivity index (χ0v) is 19.9. The number of hydrogen-bond donors (Lipinski definition) is 2. The summed E-state index contributed by atoms with van der Waals surface area (Å²) in [4.78, 5) is 12.4. The quantitative estimate of drug-likeness (QED) is 0.299. The highest BCUT2D eigenvalue weighted by atomic mass is 35.5. The van der Waals surface area contributed by atoms with Gasteiger partial charge in [0.05, 0.1) is 19.7 Å². The van der Waals surface area contributed by atoms with Crippen molar-refractivity contribution in [1.82, 2.24) is 9.88 Å². The van der Waals surface area contributed by atoms with Crippen molar-refractivity contribution >= 4 is 28.5 Å². The molecule has 0 bridgehead atoms. The molecule has 0 saturated heterocycles. The van der Waals surface area contributed by atoms with Gasteiger partial charge >= 0.3 is 5.97 Å². The number of carboxylic acids is 1. The zero-order chi connectivity index (χ0) is 24.1. The van der Waals surface area contributed by atoms with E-state index in [1.54, 1.807) is 14.2 Å². The lowest BCUT2D eigenvalue weighted by Gasteiger charge is -2.11. The molecule has 1 aromatic heterocycles. The normalized spacial score (nSPS) is 11.0. The molecule has 7 heteroatoms. The maximum Gasteiger partial charge on any atom is 0.352 e. The first-order valence-electron chi connectivity index (χ1n) is 11.0. The number of methoxy groups -OCH3 is 2. The van der Waals surface area contributed by atoms with Crippen LogP contribution in [0.25, 0.3) is 10.9 Å². The molecule has 6 nitrogen and oxygen atoms in total. The Morgan fingerprint density at radius 2 is 1.71 bits per heavy atom. The third-order valence-corrected chi connectivity index (χ3v) is 6.28. The van der Waals surface area contributed by atoms with Gasteiger partial charge in [-0.3, -0.25) is 0 Å². The first kappa shape index (κ1) is 23.7. The second-order valence-corrected chi connectivity index (χ2v) is 8.37. The van der Waals surface area contributed by atoms with Crippen molar-refractivity contribution in [3.63, 3.8) is 0 Å². The standard InChI is InChI=1S/C27H27ClN2O4/c1-33-20-9-7-18(8-10-20)17-30-25-15-21(34-2)11-12-22(25)23(26(30)27(31)32)16-29-14-13-19-5-3-4-6-24(19)28/h3-12,15,29H,13-14,16-17H2,1-2H3,(H,31,32). The summed E-state index contributed by atoms with van der Waals surface area (Å²) in [6, 6.07) is 21.1. The Labute approximate surface area is 203 Å². The van der Waals surface area contributed by atoms with E-state index in [-0.39, 0.29) is 5.69 Å². The smallest absolute Gasteiger partial charge is 0.352 e. The first-order chi connectivity index (χ1) is 16.5. The number of nitrogens with one attached hydrogen (secondary N) is 1. The summed E-state index contributed by atoms with van der Waals surface area (Å²) in [7, 11) is 3.22. The molecule has 0 spiro atoms. The summed E-state index contributed by atoms with van der Waals surface area (Å²) in [5.74, 6) is 0.465. The maximum atomic E-state index is 12.4. The lowest BCUT2D eigenvalue weighted by atomic mass is 10.1. The lowest BCUT2D eigenvalue weighted by molar-refractivity contribution is 0.0684. The van der Waals surface area contributed by atoms with Crippen molar-refractivity contribution in [2.24, 2.45) is 0 Å². The van der Waals surface area contributed by atoms with E-state index in [0.29, 0.717) is 25.4 Å². The summed E-state index contributed by atoms with van der Waals surface area (Å²) >= 11 is 6.26. The number of aromatic nitrogens is 1. The number of fused-ring (bicyclic) bond motifs is 1. The number of ether oxygens (including phenoxy) is 2. The molecule has 34 heavy (non-hydrogen) atoms. The van der Waals surface area contributed by atoms with Gasteiger partial charge in [0.2, 0.25) is 0 Å². The molecule has 0 aliphatic rings. The predicted molar refractivity (Wildman–Crippen MR) is 134 cm³/mol. The summed E-state index contributed by atoms with van der Waals surface area (Å²) in [5, 5.41) is 15.2. The van der Waals surface area contributed by atoms with E-state index in [4.69, 9.17) is 21.1 Å². The number of rotatable bonds is 10. The van der Waals surface area contributed by atoms with Gasteiger partial charge < -0.3 is 24.5 Å². The third kappa shape index (κ3) is 5.03. The summed E-state index contributed by atoms with van der Waals surface area (Å²) < 4.78 is 12.5. The molecule has 0 fully saturated rings. The van der Waals surface area contributed by atoms with Crippen molar-refractivity contribution in [1.29, 1.82) is 0 Å². The van der Waals surface area contributed by atoms with Crippen LogP contribution in [0.1, 0.15) is 27.2 Å². The Morgan fingerprint density at radius 3 is 2.38 bits per heavy atom. The Balaban J connectivity index is 1.66. The molecule has 3 aromatic carbocycles. The Kier molecular flexibility index (Phi) is 7.40. The summed E-state index contributed by atoms with van der Waals surface area (Å²) in [6.07, 6.45) is 0.750. The van der Waals surface area contributed by atoms with Crippen LogP contribution in [0.2, 0.25) is 5.02 Å². The van der Waals surface area contributed by atoms with Crippen LogP contribution in [0.5, 0.6) is 11.5 Å². The number of carbonyl (C=O) groups is 1. The molecule has 0 saturated carbocycles. The van der Waals surface area contributed by atoms with Gasteiger partial charge in [-0.1, -0.05) is 41.9 Å². The predicted octanol–water partition coefficient (Wildman–Crippen LogP) is 5.39. The van der Waals surface area contributed by atoms with Gasteiger partial charge in [-0.05, 0) is 54.4 Å². The average molecular weight is 479 g/mol. The van der Waals surface area contributed by atoms with Crippen LogP contribution < -0.4 is 14.8 Å². The highest BCUT2D eigenvalue weighted by Gasteiger charge is 2.23. The van der Waals surface area contributed by atoms with Crippen LogP contribution in [-0.4, -0.2) is 36.4 Å². The Hall–Kier alpha value is -3.48. The topological polar surface area (TPSA) is 72.7 Å². The number of benzene rings is 3. The van der Waals surface area contributed by atoms with Crippen LogP contribution in [0.15, 0.2) is 66.7 Å². The fraction of sp³-hybridized carbons (Fsp3) is 0.222. The van der Waals surface area contributed by atoms with Crippen LogP contribution >= 0.6 is 11.6 Å². The van der Waals surface area contributed by atoms with Crippen LogP contribution in [0.3, 0.4) is 0 Å². The number of aromatic carboxylic acids is 1. The highest BCUT2D eigenvalue weighted by molar-refractivity contribution is 6.31. The molecular formula is C27H27ClN2O4. The fourth-order valence-electron chi connectivity index (χ4n) is 4.17. The minimum absolute atomic E-state index is 0.268. The van der Waals surface area contributed by atoms with Crippen LogP contribution in [-0.2, 0) is 19.5 Å². The van der Waals surface area contributed by atoms with Gasteiger partial charge in [0, 0.05) is 35.1 Å². The molecule has 0 radical (unpaired) electrons. The number of nitrogens with zero attached hydrogens (tertiary/aromatic N) is 1. The molecule has 0 aliphatic heterocycles. The SMILES string of the molecule is COc1ccc(Cn2c(C(=O)O)c(CNCCc3ccccc3Cl)c3ccc(OC)cc32)cc1. The molecular weight excluding hydrogens is 452 g/mol. The van der Waals surface area contributed by atoms with Gasteiger partial charge in [0.25, 0.3) is 0 Å². The second-order valence-electron chi connectivity index (χ2n) is 7.97. The zero-order valence-electron chi connectivity index (χ0n) is 19.2. The average Bonchev–Trinajstić information content (AvgIpc) is 3.15. The van der Waals surface area contributed by atoms with E-state index < -0.39 is 5.97 Å². The molecule has 0 unspecified atom stereocenters. The number of halogens is 1. The summed E-state index contributed by atoms with van der Waals surface area (Å²) in [5.41, 5.74) is 3.86. The number of hydrogen-bond acceptors (Lipinski definition) is 4. The van der Waals surface area contributed by atoms with Gasteiger partial charge in [0.15, 0.2) is 0 Å². The van der Waals surface area contributed by atoms with E-state index in [0.717, 1.165) is 44.8 Å². The minimum atomic E-state index is -0.966. The highest BCUT2D eigenvalue weighted by Crippen LogP contribution is 2.31. The van der Waals surface area contributed by atoms with Crippen molar-refractivity contribution in [3.05, 3.63) is 94.1 Å². The van der Waals surface area contributed by atoms with E-state index in [1.807, 2.05) is 71.3 Å². The monoisotopic (exact) mass is 478 g/mol. The molecule has 1 heterocycles. The molecule has 0 aliphatic carbocycles. The van der Waals surface area contributed by atoms with Gasteiger partial charge in [-0.2, -0.15) is 0 Å². The van der Waals surface area contributed by atoms with Crippen molar-refractivity contribution in [2.45, 2.75) is 19.5 Å². The molecule has 0 atom stereocenters. The molecule has 176 valence electrons. The Morgan fingerprint density at radius 1 is 1.00 bits per heavy atom. The van der Waals surface area contributed by atoms with Crippen LogP contribution in [0, 0.1) is 0 Å². The molecule has 2 N–H and O–H groups in total. The van der Waals surface area contributed by atoms with Crippen LogP contribution in [0.4, 0.5) is 0 Å². The molecule has 4 aromatic rings. The molecule has 4 rings (SSSR count). The van der Waals surface area contributed by atoms with E-state index >= 15 is 0 Å². The number of carboxylic acid groups (broad SMARTS) is 1. The van der Waals surface area contributed by atoms with E-state index in [9.17, 15) is 9.90 Å². The van der Waals surface area contributed by atoms with Gasteiger partial charge in [0.1, 0.15) is 17.2 Å². The second kappa shape index (κ2) is 10.6. The largest absolute Gasteiger partial charge is 0.497 e. The fourth-order valence-corrected chi connectivity index (χ4v) is 4.40. The maximum absolute atomic E-state index is 12.4. The van der Waals surface area contributed by atoms with Crippen molar-refractivity contribution in [3.8, 4) is 11.5 Å².